The second-order valence-electron chi connectivity index (χ2n) is 3.22. The van der Waals surface area contributed by atoms with Gasteiger partial charge in [-0.2, -0.15) is 0 Å². The maximum absolute atomic E-state index is 11.5. The predicted molar refractivity (Wildman–Crippen MR) is 57.9 cm³/mol. The SMILES string of the molecule is CCCn1c(=O)[nH]c2c(Cl)cccc21. The summed E-state index contributed by atoms with van der Waals surface area (Å²) < 4.78 is 1.71. The molecule has 1 heterocycles. The molecule has 0 aliphatic rings. The van der Waals surface area contributed by atoms with Crippen molar-refractivity contribution in [3.8, 4) is 0 Å². The van der Waals surface area contributed by atoms with Crippen LogP contribution in [0.4, 0.5) is 0 Å². The molecule has 0 fully saturated rings. The molecule has 0 radical (unpaired) electrons. The van der Waals surface area contributed by atoms with E-state index in [-0.39, 0.29) is 5.69 Å². The van der Waals surface area contributed by atoms with Crippen LogP contribution < -0.4 is 5.69 Å². The third-order valence-corrected chi connectivity index (χ3v) is 2.52. The van der Waals surface area contributed by atoms with E-state index in [0.29, 0.717) is 5.02 Å². The average Bonchev–Trinajstić information content (AvgIpc) is 2.47. The maximum Gasteiger partial charge on any atom is 0.326 e. The van der Waals surface area contributed by atoms with Crippen LogP contribution in [-0.4, -0.2) is 9.55 Å². The molecule has 0 aliphatic heterocycles. The van der Waals surface area contributed by atoms with E-state index in [1.165, 1.54) is 0 Å². The van der Waals surface area contributed by atoms with Gasteiger partial charge in [0, 0.05) is 6.54 Å². The lowest BCUT2D eigenvalue weighted by atomic mass is 10.3. The van der Waals surface area contributed by atoms with E-state index in [2.05, 4.69) is 4.98 Å². The van der Waals surface area contributed by atoms with Crippen LogP contribution in [0.15, 0.2) is 23.0 Å². The Bertz CT molecular complexity index is 512. The smallest absolute Gasteiger partial charge is 0.304 e. The number of nitrogens with one attached hydrogen (secondary N) is 1. The minimum Gasteiger partial charge on any atom is -0.304 e. The predicted octanol–water partition coefficient (Wildman–Crippen LogP) is 2.39. The number of aromatic nitrogens is 2. The van der Waals surface area contributed by atoms with Crippen LogP contribution in [-0.2, 0) is 6.54 Å². The molecule has 0 bridgehead atoms. The third-order valence-electron chi connectivity index (χ3n) is 2.21. The maximum atomic E-state index is 11.5. The molecular weight excluding hydrogens is 200 g/mol. The Morgan fingerprint density at radius 2 is 2.29 bits per heavy atom. The van der Waals surface area contributed by atoms with Gasteiger partial charge in [-0.05, 0) is 18.6 Å². The number of para-hydroxylation sites is 1. The first-order chi connectivity index (χ1) is 6.74. The molecule has 3 nitrogen and oxygen atoms in total. The zero-order valence-corrected chi connectivity index (χ0v) is 8.64. The van der Waals surface area contributed by atoms with Crippen LogP contribution >= 0.6 is 11.6 Å². The largest absolute Gasteiger partial charge is 0.326 e. The van der Waals surface area contributed by atoms with Gasteiger partial charge in [0.2, 0.25) is 0 Å². The van der Waals surface area contributed by atoms with Crippen molar-refractivity contribution in [2.75, 3.05) is 0 Å². The summed E-state index contributed by atoms with van der Waals surface area (Å²) >= 11 is 5.96. The number of nitrogens with zero attached hydrogens (tertiary/aromatic N) is 1. The summed E-state index contributed by atoms with van der Waals surface area (Å²) in [6.45, 7) is 2.76. The Morgan fingerprint density at radius 1 is 1.50 bits per heavy atom. The first-order valence-electron chi connectivity index (χ1n) is 4.61. The summed E-state index contributed by atoms with van der Waals surface area (Å²) in [4.78, 5) is 14.3. The monoisotopic (exact) mass is 210 g/mol. The van der Waals surface area contributed by atoms with Crippen molar-refractivity contribution in [1.29, 1.82) is 0 Å². The number of H-pyrrole nitrogens is 1. The Hall–Kier alpha value is -1.22. The highest BCUT2D eigenvalue weighted by molar-refractivity contribution is 6.34. The van der Waals surface area contributed by atoms with E-state index < -0.39 is 0 Å². The molecule has 0 saturated heterocycles. The molecule has 0 unspecified atom stereocenters. The fourth-order valence-corrected chi connectivity index (χ4v) is 1.81. The van der Waals surface area contributed by atoms with Crippen LogP contribution in [0.3, 0.4) is 0 Å². The quantitative estimate of drug-likeness (QED) is 0.812. The highest BCUT2D eigenvalue weighted by Crippen LogP contribution is 2.19. The van der Waals surface area contributed by atoms with Crippen molar-refractivity contribution >= 4 is 22.6 Å². The van der Waals surface area contributed by atoms with E-state index in [9.17, 15) is 4.79 Å². The number of imidazole rings is 1. The van der Waals surface area contributed by atoms with E-state index in [0.717, 1.165) is 24.0 Å². The molecule has 0 saturated carbocycles. The number of benzene rings is 1. The van der Waals surface area contributed by atoms with Gasteiger partial charge in [0.05, 0.1) is 16.1 Å². The van der Waals surface area contributed by atoms with Crippen molar-refractivity contribution in [2.24, 2.45) is 0 Å². The van der Waals surface area contributed by atoms with Gasteiger partial charge in [0.15, 0.2) is 0 Å². The minimum atomic E-state index is -0.0880. The fraction of sp³-hybridized carbons (Fsp3) is 0.300. The van der Waals surface area contributed by atoms with Crippen LogP contribution in [0.2, 0.25) is 5.02 Å². The second-order valence-corrected chi connectivity index (χ2v) is 3.62. The number of halogens is 1. The zero-order chi connectivity index (χ0) is 10.1. The van der Waals surface area contributed by atoms with Gasteiger partial charge >= 0.3 is 5.69 Å². The number of aryl methyl sites for hydroxylation is 1. The van der Waals surface area contributed by atoms with Crippen LogP contribution in [0.1, 0.15) is 13.3 Å². The lowest BCUT2D eigenvalue weighted by Gasteiger charge is -1.99. The molecule has 2 aromatic rings. The fourth-order valence-electron chi connectivity index (χ4n) is 1.59. The van der Waals surface area contributed by atoms with Gasteiger partial charge in [-0.3, -0.25) is 4.57 Å². The van der Waals surface area contributed by atoms with Crippen LogP contribution in [0, 0.1) is 0 Å². The number of rotatable bonds is 2. The highest BCUT2D eigenvalue weighted by Gasteiger charge is 2.07. The second kappa shape index (κ2) is 3.50. The van der Waals surface area contributed by atoms with Crippen LogP contribution in [0.5, 0.6) is 0 Å². The van der Waals surface area contributed by atoms with E-state index >= 15 is 0 Å². The molecule has 0 atom stereocenters. The third kappa shape index (κ3) is 1.34. The van der Waals surface area contributed by atoms with Gasteiger partial charge in [0.25, 0.3) is 0 Å². The molecule has 0 amide bonds. The van der Waals surface area contributed by atoms with Gasteiger partial charge in [-0.15, -0.1) is 0 Å². The Morgan fingerprint density at radius 3 is 3.00 bits per heavy atom. The summed E-state index contributed by atoms with van der Waals surface area (Å²) in [6.07, 6.45) is 0.930. The average molecular weight is 211 g/mol. The van der Waals surface area contributed by atoms with Crippen molar-refractivity contribution < 1.29 is 0 Å². The van der Waals surface area contributed by atoms with Gasteiger partial charge in [-0.1, -0.05) is 24.6 Å². The number of aromatic amines is 1. The Kier molecular flexibility index (Phi) is 2.33. The molecular formula is C10H11ClN2O. The van der Waals surface area contributed by atoms with Crippen molar-refractivity contribution in [1.82, 2.24) is 9.55 Å². The number of fused-ring (bicyclic) bond motifs is 1. The van der Waals surface area contributed by atoms with Gasteiger partial charge in [0.1, 0.15) is 0 Å². The molecule has 1 aromatic heterocycles. The molecule has 14 heavy (non-hydrogen) atoms. The van der Waals surface area contributed by atoms with E-state index in [1.807, 2.05) is 19.1 Å². The van der Waals surface area contributed by atoms with E-state index in [1.54, 1.807) is 10.6 Å². The Balaban J connectivity index is 2.77. The lowest BCUT2D eigenvalue weighted by Crippen LogP contribution is -2.16. The van der Waals surface area contributed by atoms with Gasteiger partial charge < -0.3 is 4.98 Å². The molecule has 1 aromatic carbocycles. The van der Waals surface area contributed by atoms with Crippen molar-refractivity contribution in [3.05, 3.63) is 33.7 Å². The molecule has 0 spiro atoms. The standard InChI is InChI=1S/C10H11ClN2O/c1-2-6-13-8-5-3-4-7(11)9(8)12-10(13)14/h3-5H,2,6H2,1H3,(H,12,14). The molecule has 74 valence electrons. The normalized spacial score (nSPS) is 11.0. The van der Waals surface area contributed by atoms with Gasteiger partial charge in [-0.25, -0.2) is 4.79 Å². The summed E-state index contributed by atoms with van der Waals surface area (Å²) in [7, 11) is 0. The van der Waals surface area contributed by atoms with Crippen LogP contribution in [0.25, 0.3) is 11.0 Å². The van der Waals surface area contributed by atoms with Crippen molar-refractivity contribution in [3.63, 3.8) is 0 Å². The summed E-state index contributed by atoms with van der Waals surface area (Å²) in [5.74, 6) is 0. The van der Waals surface area contributed by atoms with E-state index in [4.69, 9.17) is 11.6 Å². The molecule has 0 aliphatic carbocycles. The zero-order valence-electron chi connectivity index (χ0n) is 7.88. The first-order valence-corrected chi connectivity index (χ1v) is 4.99. The Labute approximate surface area is 86.3 Å². The minimum absolute atomic E-state index is 0.0880. The summed E-state index contributed by atoms with van der Waals surface area (Å²) in [5, 5.41) is 0.592. The number of hydrogen-bond acceptors (Lipinski definition) is 1. The summed E-state index contributed by atoms with van der Waals surface area (Å²) in [6, 6.07) is 5.52. The molecule has 4 heteroatoms. The summed E-state index contributed by atoms with van der Waals surface area (Å²) in [5.41, 5.74) is 1.52. The number of hydrogen-bond donors (Lipinski definition) is 1. The molecule has 1 N–H and O–H groups in total. The highest BCUT2D eigenvalue weighted by atomic mass is 35.5. The molecule has 2 rings (SSSR count). The first kappa shape index (κ1) is 9.34. The van der Waals surface area contributed by atoms with Crippen molar-refractivity contribution in [2.45, 2.75) is 19.9 Å². The lowest BCUT2D eigenvalue weighted by molar-refractivity contribution is 0.674. The topological polar surface area (TPSA) is 37.8 Å².